The van der Waals surface area contributed by atoms with Crippen molar-refractivity contribution in [3.63, 3.8) is 0 Å². The van der Waals surface area contributed by atoms with E-state index in [-0.39, 0.29) is 11.7 Å². The van der Waals surface area contributed by atoms with Crippen LogP contribution in [0.3, 0.4) is 0 Å². The molecular formula is C19H15FN2O3S. The molecule has 1 N–H and O–H groups in total. The van der Waals surface area contributed by atoms with Gasteiger partial charge in [-0.05, 0) is 42.5 Å². The number of thiazole rings is 1. The standard InChI is InChI=1S/C19H15FN2O3S/c20-14-5-2-12(3-6-14)15-11-26-19(21-15)22-18(23)13-4-7-16-17(10-13)25-9-1-8-24-16/h2-7,10-11H,1,8-9H2,(H,21,22,23). The molecule has 5 nitrogen and oxygen atoms in total. The molecule has 0 unspecified atom stereocenters. The summed E-state index contributed by atoms with van der Waals surface area (Å²) in [4.78, 5) is 16.9. The van der Waals surface area contributed by atoms with E-state index in [2.05, 4.69) is 10.3 Å². The number of aromatic nitrogens is 1. The zero-order valence-corrected chi connectivity index (χ0v) is 14.5. The van der Waals surface area contributed by atoms with E-state index in [9.17, 15) is 9.18 Å². The maximum atomic E-state index is 13.0. The Labute approximate surface area is 153 Å². The Balaban J connectivity index is 1.50. The van der Waals surface area contributed by atoms with Gasteiger partial charge in [0.2, 0.25) is 0 Å². The minimum absolute atomic E-state index is 0.277. The predicted octanol–water partition coefficient (Wildman–Crippen LogP) is 4.36. The van der Waals surface area contributed by atoms with Gasteiger partial charge in [-0.25, -0.2) is 9.37 Å². The molecule has 0 saturated carbocycles. The van der Waals surface area contributed by atoms with Crippen LogP contribution in [0, 0.1) is 5.82 Å². The number of ether oxygens (including phenoxy) is 2. The van der Waals surface area contributed by atoms with E-state index in [4.69, 9.17) is 9.47 Å². The fourth-order valence-electron chi connectivity index (χ4n) is 2.56. The summed E-state index contributed by atoms with van der Waals surface area (Å²) in [7, 11) is 0. The lowest BCUT2D eigenvalue weighted by Crippen LogP contribution is -2.12. The van der Waals surface area contributed by atoms with Crippen LogP contribution >= 0.6 is 11.3 Å². The second-order valence-electron chi connectivity index (χ2n) is 5.71. The van der Waals surface area contributed by atoms with Crippen molar-refractivity contribution in [1.29, 1.82) is 0 Å². The second-order valence-corrected chi connectivity index (χ2v) is 6.57. The molecule has 0 saturated heterocycles. The molecule has 1 aliphatic rings. The Bertz CT molecular complexity index is 940. The third kappa shape index (κ3) is 3.52. The van der Waals surface area contributed by atoms with Gasteiger partial charge in [-0.3, -0.25) is 10.1 Å². The fourth-order valence-corrected chi connectivity index (χ4v) is 3.27. The highest BCUT2D eigenvalue weighted by molar-refractivity contribution is 7.14. The number of carbonyl (C=O) groups is 1. The van der Waals surface area contributed by atoms with Gasteiger partial charge < -0.3 is 9.47 Å². The number of nitrogens with zero attached hydrogens (tertiary/aromatic N) is 1. The monoisotopic (exact) mass is 370 g/mol. The minimum atomic E-state index is -0.299. The van der Waals surface area contributed by atoms with E-state index in [1.807, 2.05) is 5.38 Å². The number of hydrogen-bond acceptors (Lipinski definition) is 5. The first-order valence-electron chi connectivity index (χ1n) is 8.11. The van der Waals surface area contributed by atoms with E-state index >= 15 is 0 Å². The highest BCUT2D eigenvalue weighted by atomic mass is 32.1. The van der Waals surface area contributed by atoms with Crippen molar-refractivity contribution in [2.45, 2.75) is 6.42 Å². The van der Waals surface area contributed by atoms with Gasteiger partial charge >= 0.3 is 0 Å². The molecule has 7 heteroatoms. The third-order valence-electron chi connectivity index (χ3n) is 3.87. The Morgan fingerprint density at radius 3 is 2.65 bits per heavy atom. The number of anilines is 1. The lowest BCUT2D eigenvalue weighted by Gasteiger charge is -2.09. The summed E-state index contributed by atoms with van der Waals surface area (Å²) in [6.07, 6.45) is 0.807. The van der Waals surface area contributed by atoms with Crippen molar-refractivity contribution in [3.05, 3.63) is 59.2 Å². The number of halogens is 1. The Hall–Kier alpha value is -2.93. The number of nitrogens with one attached hydrogen (secondary N) is 1. The zero-order chi connectivity index (χ0) is 17.9. The number of hydrogen-bond donors (Lipinski definition) is 1. The molecule has 2 aromatic carbocycles. The molecular weight excluding hydrogens is 355 g/mol. The smallest absolute Gasteiger partial charge is 0.257 e. The van der Waals surface area contributed by atoms with Crippen molar-refractivity contribution >= 4 is 22.4 Å². The summed E-state index contributed by atoms with van der Waals surface area (Å²) < 4.78 is 24.2. The Morgan fingerprint density at radius 1 is 1.08 bits per heavy atom. The molecule has 0 atom stereocenters. The van der Waals surface area contributed by atoms with Crippen LogP contribution in [-0.2, 0) is 0 Å². The largest absolute Gasteiger partial charge is 0.490 e. The highest BCUT2D eigenvalue weighted by Gasteiger charge is 2.15. The maximum Gasteiger partial charge on any atom is 0.257 e. The number of amides is 1. The molecule has 2 heterocycles. The summed E-state index contributed by atoms with van der Waals surface area (Å²) in [5, 5.41) is 5.07. The van der Waals surface area contributed by atoms with E-state index in [1.54, 1.807) is 30.3 Å². The van der Waals surface area contributed by atoms with Gasteiger partial charge in [0.05, 0.1) is 18.9 Å². The van der Waals surface area contributed by atoms with Gasteiger partial charge in [0.15, 0.2) is 16.6 Å². The molecule has 0 aliphatic carbocycles. The van der Waals surface area contributed by atoms with E-state index in [0.29, 0.717) is 41.1 Å². The van der Waals surface area contributed by atoms with Crippen molar-refractivity contribution in [2.24, 2.45) is 0 Å². The van der Waals surface area contributed by atoms with E-state index in [0.717, 1.165) is 12.0 Å². The van der Waals surface area contributed by atoms with Gasteiger partial charge in [-0.15, -0.1) is 11.3 Å². The molecule has 3 aromatic rings. The van der Waals surface area contributed by atoms with E-state index < -0.39 is 0 Å². The molecule has 132 valence electrons. The van der Waals surface area contributed by atoms with Crippen LogP contribution in [0.15, 0.2) is 47.8 Å². The average molecular weight is 370 g/mol. The lowest BCUT2D eigenvalue weighted by molar-refractivity contribution is 0.102. The zero-order valence-electron chi connectivity index (χ0n) is 13.7. The normalized spacial score (nSPS) is 13.1. The topological polar surface area (TPSA) is 60.5 Å². The van der Waals surface area contributed by atoms with Crippen LogP contribution in [0.2, 0.25) is 0 Å². The Kier molecular flexibility index (Phi) is 4.53. The van der Waals surface area contributed by atoms with Gasteiger partial charge in [0.1, 0.15) is 5.82 Å². The number of carbonyl (C=O) groups excluding carboxylic acids is 1. The number of fused-ring (bicyclic) bond motifs is 1. The van der Waals surface area contributed by atoms with Crippen LogP contribution < -0.4 is 14.8 Å². The summed E-state index contributed by atoms with van der Waals surface area (Å²) >= 11 is 1.31. The summed E-state index contributed by atoms with van der Waals surface area (Å²) in [5.41, 5.74) is 1.94. The first-order chi connectivity index (χ1) is 12.7. The van der Waals surface area contributed by atoms with Crippen molar-refractivity contribution < 1.29 is 18.7 Å². The summed E-state index contributed by atoms with van der Waals surface area (Å²) in [6, 6.07) is 11.2. The first kappa shape index (κ1) is 16.5. The van der Waals surface area contributed by atoms with E-state index in [1.165, 1.54) is 23.5 Å². The van der Waals surface area contributed by atoms with Gasteiger partial charge in [0.25, 0.3) is 5.91 Å². The molecule has 0 fully saturated rings. The third-order valence-corrected chi connectivity index (χ3v) is 4.63. The predicted molar refractivity (Wildman–Crippen MR) is 97.5 cm³/mol. The molecule has 0 bridgehead atoms. The lowest BCUT2D eigenvalue weighted by atomic mass is 10.2. The average Bonchev–Trinajstić information content (AvgIpc) is 2.98. The van der Waals surface area contributed by atoms with Gasteiger partial charge in [0, 0.05) is 22.9 Å². The molecule has 1 amide bonds. The molecule has 1 aromatic heterocycles. The van der Waals surface area contributed by atoms with Crippen LogP contribution in [0.1, 0.15) is 16.8 Å². The minimum Gasteiger partial charge on any atom is -0.490 e. The van der Waals surface area contributed by atoms with Crippen molar-refractivity contribution in [2.75, 3.05) is 18.5 Å². The molecule has 0 spiro atoms. The SMILES string of the molecule is O=C(Nc1nc(-c2ccc(F)cc2)cs1)c1ccc2c(c1)OCCCO2. The van der Waals surface area contributed by atoms with Gasteiger partial charge in [-0.2, -0.15) is 0 Å². The summed E-state index contributed by atoms with van der Waals surface area (Å²) in [6.45, 7) is 1.16. The Morgan fingerprint density at radius 2 is 1.85 bits per heavy atom. The van der Waals surface area contributed by atoms with Crippen molar-refractivity contribution in [1.82, 2.24) is 4.98 Å². The highest BCUT2D eigenvalue weighted by Crippen LogP contribution is 2.31. The molecule has 0 radical (unpaired) electrons. The molecule has 4 rings (SSSR count). The second kappa shape index (κ2) is 7.13. The quantitative estimate of drug-likeness (QED) is 0.744. The van der Waals surface area contributed by atoms with Crippen LogP contribution in [0.4, 0.5) is 9.52 Å². The molecule has 26 heavy (non-hydrogen) atoms. The fraction of sp³-hybridized carbons (Fsp3) is 0.158. The van der Waals surface area contributed by atoms with Crippen LogP contribution in [-0.4, -0.2) is 24.1 Å². The first-order valence-corrected chi connectivity index (χ1v) is 8.99. The van der Waals surface area contributed by atoms with Crippen molar-refractivity contribution in [3.8, 4) is 22.8 Å². The maximum absolute atomic E-state index is 13.0. The number of benzene rings is 2. The van der Waals surface area contributed by atoms with Crippen LogP contribution in [0.5, 0.6) is 11.5 Å². The van der Waals surface area contributed by atoms with Gasteiger partial charge in [-0.1, -0.05) is 0 Å². The summed E-state index contributed by atoms with van der Waals surface area (Å²) in [5.74, 6) is 0.640. The number of rotatable bonds is 3. The molecule has 1 aliphatic heterocycles. The van der Waals surface area contributed by atoms with Crippen LogP contribution in [0.25, 0.3) is 11.3 Å².